The summed E-state index contributed by atoms with van der Waals surface area (Å²) in [6, 6.07) is 2.86. The number of benzene rings is 2. The van der Waals surface area contributed by atoms with Crippen molar-refractivity contribution in [2.45, 2.75) is 58.0 Å². The van der Waals surface area contributed by atoms with Gasteiger partial charge < -0.3 is 19.5 Å². The maximum Gasteiger partial charge on any atom is 0.410 e. The Labute approximate surface area is 250 Å². The normalized spacial score (nSPS) is 17.6. The number of aromatic nitrogens is 2. The first-order valence-electron chi connectivity index (χ1n) is 13.8. The summed E-state index contributed by atoms with van der Waals surface area (Å²) in [5.41, 5.74) is 0.266. The first-order chi connectivity index (χ1) is 20.5. The topological polar surface area (TPSA) is 108 Å². The summed E-state index contributed by atoms with van der Waals surface area (Å²) >= 11 is 0. The highest BCUT2D eigenvalue weighted by atomic mass is 19.4. The molecule has 0 unspecified atom stereocenters. The van der Waals surface area contributed by atoms with Gasteiger partial charge >= 0.3 is 18.2 Å². The van der Waals surface area contributed by atoms with Crippen LogP contribution in [0.1, 0.15) is 50.4 Å². The molecular weight excluding hydrogens is 591 g/mol. The number of nitrogens with zero attached hydrogens (tertiary/aromatic N) is 3. The molecule has 238 valence electrons. The van der Waals surface area contributed by atoms with E-state index in [0.29, 0.717) is 22.0 Å². The lowest BCUT2D eigenvalue weighted by atomic mass is 9.83. The summed E-state index contributed by atoms with van der Waals surface area (Å²) in [6.45, 7) is 4.64. The van der Waals surface area contributed by atoms with Crippen LogP contribution in [0.15, 0.2) is 42.6 Å². The molecule has 1 aliphatic heterocycles. The number of carboxylic acids is 1. The largest absolute Gasteiger partial charge is 0.492 e. The van der Waals surface area contributed by atoms with Crippen molar-refractivity contribution in [3.8, 4) is 5.75 Å². The molecule has 0 spiro atoms. The lowest BCUT2D eigenvalue weighted by Gasteiger charge is -2.42. The van der Waals surface area contributed by atoms with E-state index in [9.17, 15) is 22.8 Å². The van der Waals surface area contributed by atoms with Crippen LogP contribution < -0.4 is 4.74 Å². The molecule has 0 aliphatic carbocycles. The molecule has 0 bridgehead atoms. The number of ether oxygens (including phenoxy) is 2. The van der Waals surface area contributed by atoms with Crippen LogP contribution in [0.5, 0.6) is 5.75 Å². The molecule has 0 fully saturated rings. The fraction of sp³-hybridized carbons (Fsp3) is 0.433. The van der Waals surface area contributed by atoms with Crippen LogP contribution in [0.3, 0.4) is 0 Å². The molecular formula is C30H33F5N4O5. The zero-order valence-electron chi connectivity index (χ0n) is 24.5. The van der Waals surface area contributed by atoms with Crippen LogP contribution in [-0.2, 0) is 16.0 Å². The van der Waals surface area contributed by atoms with Crippen molar-refractivity contribution in [1.82, 2.24) is 20.0 Å². The van der Waals surface area contributed by atoms with E-state index in [4.69, 9.17) is 14.6 Å². The Hall–Kier alpha value is -4.20. The van der Waals surface area contributed by atoms with Gasteiger partial charge in [0.25, 0.3) is 0 Å². The molecule has 14 heteroatoms. The zero-order chi connectivity index (χ0) is 32.4. The molecule has 1 aromatic heterocycles. The maximum absolute atomic E-state index is 15.7. The number of H-pyrrole nitrogens is 1. The summed E-state index contributed by atoms with van der Waals surface area (Å²) in [4.78, 5) is 25.6. The van der Waals surface area contributed by atoms with E-state index in [-0.39, 0.29) is 31.9 Å². The van der Waals surface area contributed by atoms with Crippen LogP contribution in [0, 0.1) is 11.6 Å². The molecule has 3 aromatic rings. The Morgan fingerprint density at radius 1 is 1.18 bits per heavy atom. The quantitative estimate of drug-likeness (QED) is 0.222. The summed E-state index contributed by atoms with van der Waals surface area (Å²) in [5, 5.41) is 16.3. The summed E-state index contributed by atoms with van der Waals surface area (Å²) in [7, 11) is 0. The number of nitrogens with one attached hydrogen (secondary N) is 1. The van der Waals surface area contributed by atoms with Crippen LogP contribution in [0.25, 0.3) is 10.9 Å². The van der Waals surface area contributed by atoms with Gasteiger partial charge in [-0.25, -0.2) is 18.4 Å². The smallest absolute Gasteiger partial charge is 0.410 e. The van der Waals surface area contributed by atoms with Gasteiger partial charge in [0.2, 0.25) is 0 Å². The average Bonchev–Trinajstić information content (AvgIpc) is 3.36. The fourth-order valence-electron chi connectivity index (χ4n) is 5.24. The van der Waals surface area contributed by atoms with Crippen molar-refractivity contribution in [2.24, 2.45) is 0 Å². The number of hydrogen-bond donors (Lipinski definition) is 2. The van der Waals surface area contributed by atoms with Crippen molar-refractivity contribution in [2.75, 3.05) is 26.2 Å². The number of amides is 1. The van der Waals surface area contributed by atoms with Gasteiger partial charge in [0.1, 0.15) is 29.6 Å². The van der Waals surface area contributed by atoms with Crippen molar-refractivity contribution < 1.29 is 46.1 Å². The predicted octanol–water partition coefficient (Wildman–Crippen LogP) is 6.00. The highest BCUT2D eigenvalue weighted by Crippen LogP contribution is 2.44. The second kappa shape index (κ2) is 12.8. The van der Waals surface area contributed by atoms with Crippen LogP contribution >= 0.6 is 0 Å². The van der Waals surface area contributed by atoms with Gasteiger partial charge in [-0.2, -0.15) is 18.3 Å². The van der Waals surface area contributed by atoms with Crippen LogP contribution in [0.2, 0.25) is 0 Å². The monoisotopic (exact) mass is 624 g/mol. The molecule has 9 nitrogen and oxygen atoms in total. The van der Waals surface area contributed by atoms with E-state index >= 15 is 8.78 Å². The fourth-order valence-corrected chi connectivity index (χ4v) is 5.24. The molecule has 2 aromatic carbocycles. The first-order valence-corrected chi connectivity index (χ1v) is 13.8. The summed E-state index contributed by atoms with van der Waals surface area (Å²) in [6.07, 6.45) is -1.54. The second-order valence-corrected chi connectivity index (χ2v) is 11.5. The average molecular weight is 625 g/mol. The Morgan fingerprint density at radius 2 is 1.86 bits per heavy atom. The SMILES string of the molecule is C[C@@H]1Cc2c(ccc3[nH]ncc23)[C@@H](c2c(F)cc(OCCN(C/C=C/C(=O)O)C(=O)OC(C)(C)C)cc2F)N1CC(F)(F)F. The Balaban J connectivity index is 1.61. The van der Waals surface area contributed by atoms with Gasteiger partial charge in [-0.05, 0) is 51.3 Å². The number of carbonyl (C=O) groups excluding carboxylic acids is 1. The Kier molecular flexibility index (Phi) is 9.52. The minimum atomic E-state index is -4.63. The van der Waals surface area contributed by atoms with E-state index in [0.717, 1.165) is 28.0 Å². The summed E-state index contributed by atoms with van der Waals surface area (Å²) in [5.74, 6) is -3.66. The molecule has 0 saturated heterocycles. The van der Waals surface area contributed by atoms with Crippen molar-refractivity contribution >= 4 is 23.0 Å². The van der Waals surface area contributed by atoms with Gasteiger partial charge in [0, 0.05) is 41.7 Å². The Bertz CT molecular complexity index is 1530. The summed E-state index contributed by atoms with van der Waals surface area (Å²) < 4.78 is 83.3. The molecule has 0 saturated carbocycles. The number of hydrogen-bond acceptors (Lipinski definition) is 6. The highest BCUT2D eigenvalue weighted by Gasteiger charge is 2.43. The van der Waals surface area contributed by atoms with Crippen molar-refractivity contribution in [3.63, 3.8) is 0 Å². The number of carbonyl (C=O) groups is 2. The standard InChI is InChI=1S/C30H33F5N4O5/c1-17-12-20-19(7-8-24-21(20)15-36-37-24)27(39(17)16-30(33,34)35)26-22(31)13-18(14-23(26)32)43-11-10-38(9-5-6-25(40)41)28(42)44-29(2,3)4/h5-8,13-15,17,27H,9-12,16H2,1-4H3,(H,36,37)(H,40,41)/b6-5+/t17-,27+/m1/s1. The third kappa shape index (κ3) is 7.84. The zero-order valence-corrected chi connectivity index (χ0v) is 24.5. The molecule has 2 atom stereocenters. The van der Waals surface area contributed by atoms with Gasteiger partial charge in [-0.1, -0.05) is 12.1 Å². The minimum Gasteiger partial charge on any atom is -0.492 e. The number of aromatic amines is 1. The van der Waals surface area contributed by atoms with Crippen LogP contribution in [-0.4, -0.2) is 81.2 Å². The Morgan fingerprint density at radius 3 is 2.48 bits per heavy atom. The van der Waals surface area contributed by atoms with E-state index in [2.05, 4.69) is 10.2 Å². The predicted molar refractivity (Wildman–Crippen MR) is 150 cm³/mol. The van der Waals surface area contributed by atoms with Crippen LogP contribution in [0.4, 0.5) is 26.7 Å². The number of aliphatic carboxylic acids is 1. The van der Waals surface area contributed by atoms with E-state index in [1.165, 1.54) is 6.08 Å². The molecule has 4 rings (SSSR count). The molecule has 1 aliphatic rings. The maximum atomic E-state index is 15.7. The van der Waals surface area contributed by atoms with E-state index < -0.39 is 59.7 Å². The molecule has 0 radical (unpaired) electrons. The van der Waals surface area contributed by atoms with Gasteiger partial charge in [-0.15, -0.1) is 0 Å². The van der Waals surface area contributed by atoms with Gasteiger partial charge in [0.15, 0.2) is 0 Å². The van der Waals surface area contributed by atoms with Crippen molar-refractivity contribution in [1.29, 1.82) is 0 Å². The number of halogens is 5. The molecule has 1 amide bonds. The second-order valence-electron chi connectivity index (χ2n) is 11.5. The number of alkyl halides is 3. The molecule has 2 heterocycles. The van der Waals surface area contributed by atoms with Crippen molar-refractivity contribution in [3.05, 3.63) is 70.9 Å². The number of fused-ring (bicyclic) bond motifs is 3. The molecule has 44 heavy (non-hydrogen) atoms. The van der Waals surface area contributed by atoms with Gasteiger partial charge in [-0.3, -0.25) is 10.00 Å². The van der Waals surface area contributed by atoms with Gasteiger partial charge in [0.05, 0.1) is 30.8 Å². The first kappa shape index (κ1) is 32.7. The molecule has 2 N–H and O–H groups in total. The van der Waals surface area contributed by atoms with E-state index in [1.807, 2.05) is 0 Å². The highest BCUT2D eigenvalue weighted by molar-refractivity contribution is 5.83. The minimum absolute atomic E-state index is 0.128. The number of rotatable bonds is 9. The lowest BCUT2D eigenvalue weighted by Crippen LogP contribution is -2.47. The third-order valence-electron chi connectivity index (χ3n) is 7.02. The lowest BCUT2D eigenvalue weighted by molar-refractivity contribution is -0.155. The number of carboxylic acid groups (broad SMARTS) is 1. The van der Waals surface area contributed by atoms with E-state index in [1.54, 1.807) is 46.0 Å². The third-order valence-corrected chi connectivity index (χ3v) is 7.02.